The second kappa shape index (κ2) is 10.5. The number of carbonyl (C=O) groups excluding carboxylic acids is 2. The van der Waals surface area contributed by atoms with Gasteiger partial charge in [-0.25, -0.2) is 0 Å². The van der Waals surface area contributed by atoms with Gasteiger partial charge in [-0.3, -0.25) is 9.59 Å². The van der Waals surface area contributed by atoms with E-state index >= 15 is 0 Å². The van der Waals surface area contributed by atoms with E-state index in [1.165, 1.54) is 0 Å². The summed E-state index contributed by atoms with van der Waals surface area (Å²) in [4.78, 5) is 26.0. The van der Waals surface area contributed by atoms with Gasteiger partial charge < -0.3 is 10.1 Å². The zero-order chi connectivity index (χ0) is 21.4. The standard InChI is InChI=1S/C24H31NO3S/c1-17-7-8-18(2)22(15-17)28-14-6-13-24(3,4)23(27)25-16-21(26)19-9-11-20(29-5)12-10-19/h7-12,15H,6,13-14,16H2,1-5H3,(H,25,27). The Labute approximate surface area is 178 Å². The summed E-state index contributed by atoms with van der Waals surface area (Å²) in [6.07, 6.45) is 3.43. The molecule has 29 heavy (non-hydrogen) atoms. The predicted octanol–water partition coefficient (Wildman–Crippen LogP) is 5.21. The lowest BCUT2D eigenvalue weighted by molar-refractivity contribution is -0.129. The molecule has 0 unspecified atom stereocenters. The topological polar surface area (TPSA) is 55.4 Å². The van der Waals surface area contributed by atoms with Crippen LogP contribution in [0.25, 0.3) is 0 Å². The Balaban J connectivity index is 1.78. The van der Waals surface area contributed by atoms with Gasteiger partial charge in [-0.1, -0.05) is 38.1 Å². The first kappa shape index (κ1) is 23.0. The van der Waals surface area contributed by atoms with E-state index in [2.05, 4.69) is 11.4 Å². The lowest BCUT2D eigenvalue weighted by Crippen LogP contribution is -2.39. The van der Waals surface area contributed by atoms with Crippen LogP contribution in [0.4, 0.5) is 0 Å². The highest BCUT2D eigenvalue weighted by Crippen LogP contribution is 2.24. The lowest BCUT2D eigenvalue weighted by Gasteiger charge is -2.23. The number of benzene rings is 2. The SMILES string of the molecule is CSc1ccc(C(=O)CNC(=O)C(C)(C)CCCOc2cc(C)ccc2C)cc1. The summed E-state index contributed by atoms with van der Waals surface area (Å²) in [5.74, 6) is 0.698. The number of ether oxygens (including phenoxy) is 1. The van der Waals surface area contributed by atoms with Crippen molar-refractivity contribution < 1.29 is 14.3 Å². The van der Waals surface area contributed by atoms with Gasteiger partial charge in [-0.2, -0.15) is 0 Å². The van der Waals surface area contributed by atoms with Gasteiger partial charge in [-0.15, -0.1) is 11.8 Å². The highest BCUT2D eigenvalue weighted by atomic mass is 32.2. The maximum Gasteiger partial charge on any atom is 0.226 e. The van der Waals surface area contributed by atoms with Crippen molar-refractivity contribution in [2.24, 2.45) is 5.41 Å². The molecule has 0 aromatic heterocycles. The van der Waals surface area contributed by atoms with Gasteiger partial charge >= 0.3 is 0 Å². The fraction of sp³-hybridized carbons (Fsp3) is 0.417. The maximum absolute atomic E-state index is 12.6. The van der Waals surface area contributed by atoms with Crippen LogP contribution in [0.3, 0.4) is 0 Å². The van der Waals surface area contributed by atoms with Gasteiger partial charge in [0.05, 0.1) is 13.2 Å². The van der Waals surface area contributed by atoms with Gasteiger partial charge in [-0.05, 0) is 62.3 Å². The van der Waals surface area contributed by atoms with Crippen LogP contribution in [0.1, 0.15) is 48.2 Å². The zero-order valence-electron chi connectivity index (χ0n) is 18.0. The molecular weight excluding hydrogens is 382 g/mol. The van der Waals surface area contributed by atoms with Crippen molar-refractivity contribution in [2.75, 3.05) is 19.4 Å². The van der Waals surface area contributed by atoms with E-state index in [0.29, 0.717) is 18.6 Å². The smallest absolute Gasteiger partial charge is 0.226 e. The number of amides is 1. The van der Waals surface area contributed by atoms with Crippen LogP contribution in [-0.2, 0) is 4.79 Å². The molecule has 0 atom stereocenters. The zero-order valence-corrected chi connectivity index (χ0v) is 18.8. The van der Waals surface area contributed by atoms with Crippen molar-refractivity contribution in [3.63, 3.8) is 0 Å². The number of aryl methyl sites for hydroxylation is 2. The molecule has 0 saturated heterocycles. The molecule has 0 aliphatic carbocycles. The van der Waals surface area contributed by atoms with Crippen molar-refractivity contribution in [1.29, 1.82) is 0 Å². The number of rotatable bonds is 10. The fourth-order valence-corrected chi connectivity index (χ4v) is 3.36. The van der Waals surface area contributed by atoms with Crippen LogP contribution >= 0.6 is 11.8 Å². The number of carbonyl (C=O) groups is 2. The molecule has 4 nitrogen and oxygen atoms in total. The molecule has 2 rings (SSSR count). The minimum Gasteiger partial charge on any atom is -0.493 e. The van der Waals surface area contributed by atoms with Crippen molar-refractivity contribution in [3.8, 4) is 5.75 Å². The highest BCUT2D eigenvalue weighted by Gasteiger charge is 2.27. The summed E-state index contributed by atoms with van der Waals surface area (Å²) in [7, 11) is 0. The summed E-state index contributed by atoms with van der Waals surface area (Å²) in [5, 5.41) is 2.79. The molecule has 156 valence electrons. The molecular formula is C24H31NO3S. The molecule has 0 spiro atoms. The van der Waals surface area contributed by atoms with E-state index in [0.717, 1.165) is 28.2 Å². The fourth-order valence-electron chi connectivity index (χ4n) is 2.95. The largest absolute Gasteiger partial charge is 0.493 e. The Bertz CT molecular complexity index is 844. The molecule has 0 heterocycles. The Morgan fingerprint density at radius 2 is 1.76 bits per heavy atom. The van der Waals surface area contributed by atoms with E-state index in [4.69, 9.17) is 4.74 Å². The van der Waals surface area contributed by atoms with E-state index in [1.807, 2.05) is 58.2 Å². The van der Waals surface area contributed by atoms with Gasteiger partial charge in [0, 0.05) is 15.9 Å². The number of Topliss-reactive ketones (excluding diaryl/α,β-unsaturated/α-hetero) is 1. The van der Waals surface area contributed by atoms with E-state index in [9.17, 15) is 9.59 Å². The molecule has 0 radical (unpaired) electrons. The molecule has 0 bridgehead atoms. The first-order chi connectivity index (χ1) is 13.7. The Hall–Kier alpha value is -2.27. The third-order valence-electron chi connectivity index (χ3n) is 4.98. The van der Waals surface area contributed by atoms with Crippen LogP contribution in [0.2, 0.25) is 0 Å². The Morgan fingerprint density at radius 1 is 1.07 bits per heavy atom. The van der Waals surface area contributed by atoms with Gasteiger partial charge in [0.2, 0.25) is 5.91 Å². The van der Waals surface area contributed by atoms with Crippen molar-refractivity contribution >= 4 is 23.5 Å². The number of hydrogen-bond acceptors (Lipinski definition) is 4. The minimum atomic E-state index is -0.562. The van der Waals surface area contributed by atoms with Crippen LogP contribution in [0.15, 0.2) is 47.4 Å². The number of thioether (sulfide) groups is 1. The lowest BCUT2D eigenvalue weighted by atomic mass is 9.87. The quantitative estimate of drug-likeness (QED) is 0.330. The maximum atomic E-state index is 12.6. The Morgan fingerprint density at radius 3 is 2.41 bits per heavy atom. The summed E-state index contributed by atoms with van der Waals surface area (Å²) >= 11 is 1.63. The molecule has 0 aliphatic heterocycles. The third-order valence-corrected chi connectivity index (χ3v) is 5.73. The van der Waals surface area contributed by atoms with Crippen molar-refractivity contribution in [3.05, 3.63) is 59.2 Å². The highest BCUT2D eigenvalue weighted by molar-refractivity contribution is 7.98. The van der Waals surface area contributed by atoms with Crippen LogP contribution in [0.5, 0.6) is 5.75 Å². The second-order valence-corrected chi connectivity index (χ2v) is 8.82. The minimum absolute atomic E-state index is 0.0138. The normalized spacial score (nSPS) is 11.2. The number of ketones is 1. The van der Waals surface area contributed by atoms with E-state index < -0.39 is 5.41 Å². The molecule has 1 amide bonds. The van der Waals surface area contributed by atoms with Crippen LogP contribution in [0, 0.1) is 19.3 Å². The average molecular weight is 414 g/mol. The first-order valence-corrected chi connectivity index (χ1v) is 11.1. The second-order valence-electron chi connectivity index (χ2n) is 7.94. The van der Waals surface area contributed by atoms with Gasteiger partial charge in [0.1, 0.15) is 5.75 Å². The summed E-state index contributed by atoms with van der Waals surface area (Å²) < 4.78 is 5.88. The molecule has 0 fully saturated rings. The monoisotopic (exact) mass is 413 g/mol. The molecule has 2 aromatic carbocycles. The predicted molar refractivity (Wildman–Crippen MR) is 120 cm³/mol. The third kappa shape index (κ3) is 6.93. The molecule has 0 saturated carbocycles. The first-order valence-electron chi connectivity index (χ1n) is 9.88. The van der Waals surface area contributed by atoms with E-state index in [1.54, 1.807) is 23.9 Å². The molecule has 2 aromatic rings. The van der Waals surface area contributed by atoms with Crippen LogP contribution in [-0.4, -0.2) is 31.1 Å². The summed E-state index contributed by atoms with van der Waals surface area (Å²) in [6, 6.07) is 13.6. The molecule has 1 N–H and O–H groups in total. The van der Waals surface area contributed by atoms with Gasteiger partial charge in [0.15, 0.2) is 5.78 Å². The number of nitrogens with one attached hydrogen (secondary N) is 1. The van der Waals surface area contributed by atoms with E-state index in [-0.39, 0.29) is 18.2 Å². The average Bonchev–Trinajstić information content (AvgIpc) is 2.71. The Kier molecular flexibility index (Phi) is 8.32. The summed E-state index contributed by atoms with van der Waals surface area (Å²) in [5.41, 5.74) is 2.33. The van der Waals surface area contributed by atoms with Crippen molar-refractivity contribution in [2.45, 2.75) is 45.4 Å². The van der Waals surface area contributed by atoms with Crippen LogP contribution < -0.4 is 10.1 Å². The number of hydrogen-bond donors (Lipinski definition) is 1. The van der Waals surface area contributed by atoms with Crippen molar-refractivity contribution in [1.82, 2.24) is 5.32 Å². The molecule has 0 aliphatic rings. The van der Waals surface area contributed by atoms with Gasteiger partial charge in [0.25, 0.3) is 0 Å². The summed E-state index contributed by atoms with van der Waals surface area (Å²) in [6.45, 7) is 8.44. The molecule has 5 heteroatoms.